The van der Waals surface area contributed by atoms with Crippen LogP contribution in [0.5, 0.6) is 0 Å². The number of carbonyl (C=O) groups is 1. The molecule has 0 heterocycles. The van der Waals surface area contributed by atoms with Gasteiger partial charge in [-0.25, -0.2) is 8.78 Å². The van der Waals surface area contributed by atoms with Crippen molar-refractivity contribution in [3.8, 4) is 0 Å². The first-order valence-electron chi connectivity index (χ1n) is 5.35. The molecule has 0 saturated carbocycles. The zero-order valence-corrected chi connectivity index (χ0v) is 9.96. The van der Waals surface area contributed by atoms with Crippen molar-refractivity contribution in [3.05, 3.63) is 35.4 Å². The molecule has 0 aromatic heterocycles. The summed E-state index contributed by atoms with van der Waals surface area (Å²) in [6, 6.07) is 3.46. The summed E-state index contributed by atoms with van der Waals surface area (Å²) in [5, 5.41) is 2.94. The van der Waals surface area contributed by atoms with Gasteiger partial charge in [-0.15, -0.1) is 0 Å². The SMILES string of the molecule is CN(C)C(=O)CCNCc1ccc(F)cc1F. The molecule has 1 N–H and O–H groups in total. The number of carbonyl (C=O) groups excluding carboxylic acids is 1. The van der Waals surface area contributed by atoms with Gasteiger partial charge >= 0.3 is 0 Å². The van der Waals surface area contributed by atoms with Gasteiger partial charge in [-0.1, -0.05) is 6.07 Å². The molecule has 0 saturated heterocycles. The Bertz CT molecular complexity index is 394. The van der Waals surface area contributed by atoms with E-state index in [1.807, 2.05) is 0 Å². The highest BCUT2D eigenvalue weighted by molar-refractivity contribution is 5.75. The predicted octanol–water partition coefficient (Wildman–Crippen LogP) is 1.53. The molecule has 17 heavy (non-hydrogen) atoms. The van der Waals surface area contributed by atoms with Crippen molar-refractivity contribution in [2.24, 2.45) is 0 Å². The van der Waals surface area contributed by atoms with Crippen molar-refractivity contribution in [1.29, 1.82) is 0 Å². The summed E-state index contributed by atoms with van der Waals surface area (Å²) in [7, 11) is 3.37. The highest BCUT2D eigenvalue weighted by Gasteiger charge is 2.05. The molecule has 1 aromatic carbocycles. The van der Waals surface area contributed by atoms with E-state index >= 15 is 0 Å². The molecular formula is C12H16F2N2O. The maximum Gasteiger partial charge on any atom is 0.223 e. The highest BCUT2D eigenvalue weighted by atomic mass is 19.1. The van der Waals surface area contributed by atoms with Crippen LogP contribution in [0.3, 0.4) is 0 Å². The van der Waals surface area contributed by atoms with Crippen LogP contribution in [-0.4, -0.2) is 31.4 Å². The number of halogens is 2. The van der Waals surface area contributed by atoms with Gasteiger partial charge in [0.15, 0.2) is 0 Å². The topological polar surface area (TPSA) is 32.3 Å². The molecule has 0 aliphatic carbocycles. The van der Waals surface area contributed by atoms with Gasteiger partial charge in [0.05, 0.1) is 0 Å². The highest BCUT2D eigenvalue weighted by Crippen LogP contribution is 2.08. The van der Waals surface area contributed by atoms with E-state index in [0.29, 0.717) is 18.5 Å². The molecule has 5 heteroatoms. The fourth-order valence-corrected chi connectivity index (χ4v) is 1.31. The quantitative estimate of drug-likeness (QED) is 0.794. The van der Waals surface area contributed by atoms with Gasteiger partial charge in [-0.2, -0.15) is 0 Å². The van der Waals surface area contributed by atoms with Gasteiger partial charge in [-0.05, 0) is 6.07 Å². The van der Waals surface area contributed by atoms with Gasteiger partial charge in [0.25, 0.3) is 0 Å². The summed E-state index contributed by atoms with van der Waals surface area (Å²) in [5.74, 6) is -1.15. The molecule has 1 amide bonds. The standard InChI is InChI=1S/C12H16F2N2O/c1-16(2)12(17)5-6-15-8-9-3-4-10(13)7-11(9)14/h3-4,7,15H,5-6,8H2,1-2H3. The molecule has 0 fully saturated rings. The minimum absolute atomic E-state index is 0.0112. The zero-order valence-electron chi connectivity index (χ0n) is 9.96. The smallest absolute Gasteiger partial charge is 0.223 e. The predicted molar refractivity (Wildman–Crippen MR) is 61.4 cm³/mol. The fourth-order valence-electron chi connectivity index (χ4n) is 1.31. The van der Waals surface area contributed by atoms with Crippen LogP contribution in [0.25, 0.3) is 0 Å². The second kappa shape index (κ2) is 6.30. The van der Waals surface area contributed by atoms with Crippen LogP contribution in [-0.2, 0) is 11.3 Å². The lowest BCUT2D eigenvalue weighted by Gasteiger charge is -2.10. The van der Waals surface area contributed by atoms with Crippen molar-refractivity contribution in [3.63, 3.8) is 0 Å². The maximum absolute atomic E-state index is 13.2. The van der Waals surface area contributed by atoms with E-state index in [1.165, 1.54) is 17.0 Å². The van der Waals surface area contributed by atoms with Gasteiger partial charge in [0.1, 0.15) is 11.6 Å². The molecule has 0 aliphatic rings. The molecule has 0 bridgehead atoms. The Balaban J connectivity index is 2.34. The molecule has 94 valence electrons. The van der Waals surface area contributed by atoms with E-state index in [9.17, 15) is 13.6 Å². The summed E-state index contributed by atoms with van der Waals surface area (Å²) in [5.41, 5.74) is 0.392. The monoisotopic (exact) mass is 242 g/mol. The van der Waals surface area contributed by atoms with Crippen LogP contribution in [0.15, 0.2) is 18.2 Å². The number of amides is 1. The van der Waals surface area contributed by atoms with Crippen LogP contribution >= 0.6 is 0 Å². The van der Waals surface area contributed by atoms with Crippen LogP contribution in [0.2, 0.25) is 0 Å². The molecule has 0 aliphatic heterocycles. The Labute approximate surface area is 99.4 Å². The Morgan fingerprint density at radius 3 is 2.65 bits per heavy atom. The van der Waals surface area contributed by atoms with Crippen molar-refractivity contribution < 1.29 is 13.6 Å². The van der Waals surface area contributed by atoms with Gasteiger partial charge < -0.3 is 10.2 Å². The second-order valence-electron chi connectivity index (χ2n) is 3.95. The summed E-state index contributed by atoms with van der Waals surface area (Å²) in [4.78, 5) is 12.7. The first kappa shape index (κ1) is 13.6. The van der Waals surface area contributed by atoms with Crippen LogP contribution in [0.1, 0.15) is 12.0 Å². The maximum atomic E-state index is 13.2. The van der Waals surface area contributed by atoms with Crippen LogP contribution < -0.4 is 5.32 Å². The lowest BCUT2D eigenvalue weighted by molar-refractivity contribution is -0.128. The number of benzene rings is 1. The van der Waals surface area contributed by atoms with Crippen molar-refractivity contribution in [2.45, 2.75) is 13.0 Å². The van der Waals surface area contributed by atoms with Gasteiger partial charge in [0, 0.05) is 45.2 Å². The third-order valence-corrected chi connectivity index (χ3v) is 2.35. The fraction of sp³-hybridized carbons (Fsp3) is 0.417. The molecular weight excluding hydrogens is 226 g/mol. The average molecular weight is 242 g/mol. The van der Waals surface area contributed by atoms with Crippen LogP contribution in [0, 0.1) is 11.6 Å². The summed E-state index contributed by atoms with van der Waals surface area (Å²) >= 11 is 0. The number of hydrogen-bond donors (Lipinski definition) is 1. The Morgan fingerprint density at radius 2 is 2.06 bits per heavy atom. The molecule has 3 nitrogen and oxygen atoms in total. The van der Waals surface area contributed by atoms with E-state index in [2.05, 4.69) is 5.32 Å². The first-order valence-corrected chi connectivity index (χ1v) is 5.35. The van der Waals surface area contributed by atoms with Crippen LogP contribution in [0.4, 0.5) is 8.78 Å². The van der Waals surface area contributed by atoms with Gasteiger partial charge in [-0.3, -0.25) is 4.79 Å². The number of hydrogen-bond acceptors (Lipinski definition) is 2. The normalized spacial score (nSPS) is 10.4. The third-order valence-electron chi connectivity index (χ3n) is 2.35. The zero-order chi connectivity index (χ0) is 12.8. The molecule has 1 rings (SSSR count). The Hall–Kier alpha value is -1.49. The molecule has 0 spiro atoms. The average Bonchev–Trinajstić information content (AvgIpc) is 2.26. The largest absolute Gasteiger partial charge is 0.349 e. The Kier molecular flexibility index (Phi) is 5.03. The number of nitrogens with zero attached hydrogens (tertiary/aromatic N) is 1. The lowest BCUT2D eigenvalue weighted by atomic mass is 10.2. The minimum Gasteiger partial charge on any atom is -0.349 e. The molecule has 0 radical (unpaired) electrons. The number of nitrogens with one attached hydrogen (secondary N) is 1. The molecule has 1 aromatic rings. The van der Waals surface area contributed by atoms with Crippen molar-refractivity contribution in [1.82, 2.24) is 10.2 Å². The van der Waals surface area contributed by atoms with E-state index in [-0.39, 0.29) is 12.5 Å². The van der Waals surface area contributed by atoms with E-state index in [0.717, 1.165) is 6.07 Å². The van der Waals surface area contributed by atoms with E-state index in [1.54, 1.807) is 14.1 Å². The van der Waals surface area contributed by atoms with E-state index < -0.39 is 11.6 Å². The van der Waals surface area contributed by atoms with Crippen molar-refractivity contribution in [2.75, 3.05) is 20.6 Å². The molecule has 0 atom stereocenters. The third kappa shape index (κ3) is 4.48. The summed E-state index contributed by atoms with van der Waals surface area (Å²) in [6.45, 7) is 0.751. The Morgan fingerprint density at radius 1 is 1.35 bits per heavy atom. The number of rotatable bonds is 5. The minimum atomic E-state index is -0.589. The first-order chi connectivity index (χ1) is 8.00. The van der Waals surface area contributed by atoms with Gasteiger partial charge in [0.2, 0.25) is 5.91 Å². The lowest BCUT2D eigenvalue weighted by Crippen LogP contribution is -2.26. The molecule has 0 unspecified atom stereocenters. The summed E-state index contributed by atoms with van der Waals surface area (Å²) in [6.07, 6.45) is 0.357. The second-order valence-corrected chi connectivity index (χ2v) is 3.95. The van der Waals surface area contributed by atoms with E-state index in [4.69, 9.17) is 0 Å². The van der Waals surface area contributed by atoms with Crippen molar-refractivity contribution >= 4 is 5.91 Å². The summed E-state index contributed by atoms with van der Waals surface area (Å²) < 4.78 is 25.8.